The topological polar surface area (TPSA) is 98.8 Å². The first kappa shape index (κ1) is 21.7. The molecule has 1 saturated heterocycles. The first-order chi connectivity index (χ1) is 14.3. The normalized spacial score (nSPS) is 14.0. The van der Waals surface area contributed by atoms with Crippen molar-refractivity contribution in [3.05, 3.63) is 54.3 Å². The number of amides is 3. The Hall–Kier alpha value is -2.98. The van der Waals surface area contributed by atoms with Crippen LogP contribution in [0.1, 0.15) is 12.8 Å². The molecule has 0 bridgehead atoms. The molecule has 0 aromatic heterocycles. The van der Waals surface area contributed by atoms with Gasteiger partial charge >= 0.3 is 6.03 Å². The minimum absolute atomic E-state index is 0.113. The zero-order chi connectivity index (χ0) is 21.7. The zero-order valence-electron chi connectivity index (χ0n) is 16.5. The molecule has 8 nitrogen and oxygen atoms in total. The Morgan fingerprint density at radius 1 is 1.00 bits per heavy atom. The summed E-state index contributed by atoms with van der Waals surface area (Å²) in [5, 5.41) is 5.41. The molecule has 2 N–H and O–H groups in total. The average Bonchev–Trinajstić information content (AvgIpc) is 3.24. The predicted molar refractivity (Wildman–Crippen MR) is 111 cm³/mol. The van der Waals surface area contributed by atoms with Crippen molar-refractivity contribution in [3.63, 3.8) is 0 Å². The molecule has 3 rings (SSSR count). The van der Waals surface area contributed by atoms with E-state index in [0.717, 1.165) is 41.4 Å². The van der Waals surface area contributed by atoms with Gasteiger partial charge in [-0.1, -0.05) is 12.1 Å². The molecule has 10 heteroatoms. The summed E-state index contributed by atoms with van der Waals surface area (Å²) in [5.41, 5.74) is 0.787. The molecule has 0 saturated carbocycles. The lowest BCUT2D eigenvalue weighted by Crippen LogP contribution is -2.35. The molecule has 2 aromatic rings. The first-order valence-corrected chi connectivity index (χ1v) is 10.9. The predicted octanol–water partition coefficient (Wildman–Crippen LogP) is 2.71. The molecule has 30 heavy (non-hydrogen) atoms. The lowest BCUT2D eigenvalue weighted by molar-refractivity contribution is -0.116. The van der Waals surface area contributed by atoms with E-state index >= 15 is 0 Å². The molecule has 0 radical (unpaired) electrons. The molecule has 0 unspecified atom stereocenters. The van der Waals surface area contributed by atoms with Crippen LogP contribution in [0.15, 0.2) is 53.4 Å². The number of anilines is 2. The molecular weight excluding hydrogens is 411 g/mol. The lowest BCUT2D eigenvalue weighted by Gasteiger charge is -2.19. The number of benzene rings is 2. The summed E-state index contributed by atoms with van der Waals surface area (Å²) in [5.74, 6) is -1.13. The number of hydrogen-bond acceptors (Lipinski definition) is 4. The van der Waals surface area contributed by atoms with Gasteiger partial charge < -0.3 is 15.5 Å². The molecule has 1 aliphatic rings. The quantitative estimate of drug-likeness (QED) is 0.730. The Bertz CT molecular complexity index is 1020. The van der Waals surface area contributed by atoms with Gasteiger partial charge in [-0.25, -0.2) is 17.6 Å². The maximum atomic E-state index is 13.0. The van der Waals surface area contributed by atoms with Gasteiger partial charge in [0, 0.05) is 20.1 Å². The molecule has 3 amide bonds. The van der Waals surface area contributed by atoms with Gasteiger partial charge in [-0.05, 0) is 49.2 Å². The van der Waals surface area contributed by atoms with Gasteiger partial charge in [-0.2, -0.15) is 4.31 Å². The van der Waals surface area contributed by atoms with Crippen LogP contribution in [0.2, 0.25) is 0 Å². The maximum Gasteiger partial charge on any atom is 0.321 e. The molecule has 1 fully saturated rings. The van der Waals surface area contributed by atoms with Crippen molar-refractivity contribution in [2.45, 2.75) is 17.7 Å². The summed E-state index contributed by atoms with van der Waals surface area (Å²) in [6.45, 7) is 0.924. The highest BCUT2D eigenvalue weighted by Crippen LogP contribution is 2.22. The molecule has 2 aromatic carbocycles. The summed E-state index contributed by atoms with van der Waals surface area (Å²) in [4.78, 5) is 26.4. The second-order valence-corrected chi connectivity index (χ2v) is 8.98. The van der Waals surface area contributed by atoms with E-state index in [2.05, 4.69) is 10.6 Å². The molecule has 0 atom stereocenters. The fourth-order valence-electron chi connectivity index (χ4n) is 3.08. The van der Waals surface area contributed by atoms with Gasteiger partial charge in [0.15, 0.2) is 0 Å². The van der Waals surface area contributed by atoms with Crippen LogP contribution in [0.5, 0.6) is 0 Å². The van der Waals surface area contributed by atoms with Crippen molar-refractivity contribution in [1.82, 2.24) is 9.21 Å². The number of sulfonamides is 1. The highest BCUT2D eigenvalue weighted by atomic mass is 32.2. The fraction of sp³-hybridized carbons (Fsp3) is 0.300. The lowest BCUT2D eigenvalue weighted by atomic mass is 10.2. The van der Waals surface area contributed by atoms with Gasteiger partial charge in [0.05, 0.1) is 22.8 Å². The zero-order valence-corrected chi connectivity index (χ0v) is 17.3. The second kappa shape index (κ2) is 9.23. The van der Waals surface area contributed by atoms with E-state index in [9.17, 15) is 22.4 Å². The third-order valence-corrected chi connectivity index (χ3v) is 6.54. The van der Waals surface area contributed by atoms with Crippen LogP contribution in [0.3, 0.4) is 0 Å². The minimum atomic E-state index is -3.95. The number of nitrogens with one attached hydrogen (secondary N) is 2. The van der Waals surface area contributed by atoms with Gasteiger partial charge in [-0.3, -0.25) is 4.79 Å². The number of para-hydroxylation sites is 2. The highest BCUT2D eigenvalue weighted by molar-refractivity contribution is 7.89. The van der Waals surface area contributed by atoms with E-state index in [1.165, 1.54) is 7.05 Å². The Kier molecular flexibility index (Phi) is 6.68. The molecule has 0 spiro atoms. The SMILES string of the molecule is CN(CC(=O)Nc1ccccc1NC(=O)N1CCCC1)S(=O)(=O)c1ccc(F)cc1. The maximum absolute atomic E-state index is 13.0. The minimum Gasteiger partial charge on any atom is -0.325 e. The van der Waals surface area contributed by atoms with E-state index in [1.807, 2.05) is 0 Å². The van der Waals surface area contributed by atoms with Gasteiger partial charge in [-0.15, -0.1) is 0 Å². The number of likely N-dealkylation sites (N-methyl/N-ethyl adjacent to an activating group) is 1. The van der Waals surface area contributed by atoms with Crippen molar-refractivity contribution < 1.29 is 22.4 Å². The Labute approximate surface area is 174 Å². The smallest absolute Gasteiger partial charge is 0.321 e. The van der Waals surface area contributed by atoms with Gasteiger partial charge in [0.2, 0.25) is 15.9 Å². The van der Waals surface area contributed by atoms with E-state index < -0.39 is 28.3 Å². The Morgan fingerprint density at radius 2 is 1.57 bits per heavy atom. The van der Waals surface area contributed by atoms with Crippen molar-refractivity contribution >= 4 is 33.3 Å². The fourth-order valence-corrected chi connectivity index (χ4v) is 4.21. The monoisotopic (exact) mass is 434 g/mol. The van der Waals surface area contributed by atoms with Crippen molar-refractivity contribution in [1.29, 1.82) is 0 Å². The van der Waals surface area contributed by atoms with Gasteiger partial charge in [0.25, 0.3) is 0 Å². The number of urea groups is 1. The Morgan fingerprint density at radius 3 is 2.17 bits per heavy atom. The summed E-state index contributed by atoms with van der Waals surface area (Å²) in [7, 11) is -2.69. The van der Waals surface area contributed by atoms with Crippen LogP contribution in [0, 0.1) is 5.82 Å². The number of rotatable bonds is 6. The number of likely N-dealkylation sites (tertiary alicyclic amines) is 1. The molecule has 0 aliphatic carbocycles. The van der Waals surface area contributed by atoms with E-state index in [0.29, 0.717) is 24.5 Å². The second-order valence-electron chi connectivity index (χ2n) is 6.93. The number of carbonyl (C=O) groups excluding carboxylic acids is 2. The first-order valence-electron chi connectivity index (χ1n) is 9.44. The van der Waals surface area contributed by atoms with Crippen molar-refractivity contribution in [2.24, 2.45) is 0 Å². The summed E-state index contributed by atoms with van der Waals surface area (Å²) in [6.07, 6.45) is 1.92. The number of carbonyl (C=O) groups is 2. The summed E-state index contributed by atoms with van der Waals surface area (Å²) >= 11 is 0. The molecular formula is C20H23FN4O4S. The largest absolute Gasteiger partial charge is 0.325 e. The molecule has 1 heterocycles. The summed E-state index contributed by atoms with van der Waals surface area (Å²) < 4.78 is 39.0. The third-order valence-electron chi connectivity index (χ3n) is 4.72. The molecule has 160 valence electrons. The summed E-state index contributed by atoms with van der Waals surface area (Å²) in [6, 6.07) is 10.8. The van der Waals surface area contributed by atoms with Crippen LogP contribution in [0.25, 0.3) is 0 Å². The standard InChI is InChI=1S/C20H23FN4O4S/c1-24(30(28,29)16-10-8-15(21)9-11-16)14-19(26)22-17-6-2-3-7-18(17)23-20(27)25-12-4-5-13-25/h2-3,6-11H,4-5,12-14H2,1H3,(H,22,26)(H,23,27). The van der Waals surface area contributed by atoms with Crippen LogP contribution >= 0.6 is 0 Å². The van der Waals surface area contributed by atoms with E-state index in [-0.39, 0.29) is 10.9 Å². The van der Waals surface area contributed by atoms with Crippen LogP contribution in [0.4, 0.5) is 20.6 Å². The number of nitrogens with zero attached hydrogens (tertiary/aromatic N) is 2. The average molecular weight is 434 g/mol. The van der Waals surface area contributed by atoms with E-state index in [1.54, 1.807) is 29.2 Å². The van der Waals surface area contributed by atoms with Crippen LogP contribution in [-0.4, -0.2) is 56.2 Å². The Balaban J connectivity index is 1.66. The number of halogens is 1. The number of hydrogen-bond donors (Lipinski definition) is 2. The van der Waals surface area contributed by atoms with Crippen molar-refractivity contribution in [3.8, 4) is 0 Å². The highest BCUT2D eigenvalue weighted by Gasteiger charge is 2.24. The van der Waals surface area contributed by atoms with Gasteiger partial charge in [0.1, 0.15) is 5.82 Å². The molecule has 1 aliphatic heterocycles. The van der Waals surface area contributed by atoms with Crippen LogP contribution in [-0.2, 0) is 14.8 Å². The van der Waals surface area contributed by atoms with Crippen LogP contribution < -0.4 is 10.6 Å². The van der Waals surface area contributed by atoms with Crippen molar-refractivity contribution in [2.75, 3.05) is 37.3 Å². The van der Waals surface area contributed by atoms with E-state index in [4.69, 9.17) is 0 Å². The third kappa shape index (κ3) is 5.14.